The Bertz CT molecular complexity index is 522. The van der Waals surface area contributed by atoms with Gasteiger partial charge in [-0.3, -0.25) is 14.5 Å². The van der Waals surface area contributed by atoms with Crippen LogP contribution in [0, 0.1) is 0 Å². The average Bonchev–Trinajstić information content (AvgIpc) is 2.64. The minimum Gasteiger partial charge on any atom is -0.371 e. The third kappa shape index (κ3) is 5.94. The molecule has 6 nitrogen and oxygen atoms in total. The van der Waals surface area contributed by atoms with Crippen molar-refractivity contribution in [1.29, 1.82) is 0 Å². The second-order valence-electron chi connectivity index (χ2n) is 5.94. The summed E-state index contributed by atoms with van der Waals surface area (Å²) in [6.07, 6.45) is 1.74. The SMILES string of the molecule is CCCNC(=O)C(=O)NCCCN1CCOC(c2ccccc2)C1. The Balaban J connectivity index is 1.65. The Kier molecular flexibility index (Phi) is 7.71. The van der Waals surface area contributed by atoms with Crippen molar-refractivity contribution in [2.45, 2.75) is 25.9 Å². The van der Waals surface area contributed by atoms with Crippen LogP contribution in [0.5, 0.6) is 0 Å². The van der Waals surface area contributed by atoms with E-state index in [1.54, 1.807) is 0 Å². The molecular weight excluding hydrogens is 306 g/mol. The summed E-state index contributed by atoms with van der Waals surface area (Å²) in [6.45, 7) is 6.33. The number of ether oxygens (including phenoxy) is 1. The monoisotopic (exact) mass is 333 g/mol. The van der Waals surface area contributed by atoms with Crippen LogP contribution >= 0.6 is 0 Å². The Hall–Kier alpha value is -1.92. The highest BCUT2D eigenvalue weighted by Crippen LogP contribution is 2.21. The van der Waals surface area contributed by atoms with Gasteiger partial charge < -0.3 is 15.4 Å². The van der Waals surface area contributed by atoms with Gasteiger partial charge in [0.05, 0.1) is 12.7 Å². The quantitative estimate of drug-likeness (QED) is 0.579. The molecule has 1 heterocycles. The van der Waals surface area contributed by atoms with E-state index in [-0.39, 0.29) is 6.10 Å². The highest BCUT2D eigenvalue weighted by atomic mass is 16.5. The molecule has 2 amide bonds. The van der Waals surface area contributed by atoms with Gasteiger partial charge in [0, 0.05) is 32.7 Å². The number of carbonyl (C=O) groups is 2. The molecule has 0 aliphatic carbocycles. The fourth-order valence-corrected chi connectivity index (χ4v) is 2.68. The summed E-state index contributed by atoms with van der Waals surface area (Å²) in [5.74, 6) is -1.10. The lowest BCUT2D eigenvalue weighted by Crippen LogP contribution is -2.42. The fourth-order valence-electron chi connectivity index (χ4n) is 2.68. The molecule has 1 unspecified atom stereocenters. The summed E-state index contributed by atoms with van der Waals surface area (Å²) in [6, 6.07) is 10.2. The predicted molar refractivity (Wildman–Crippen MR) is 92.5 cm³/mol. The van der Waals surface area contributed by atoms with Gasteiger partial charge in [0.25, 0.3) is 0 Å². The van der Waals surface area contributed by atoms with Crippen molar-refractivity contribution < 1.29 is 14.3 Å². The molecule has 0 aromatic heterocycles. The van der Waals surface area contributed by atoms with Gasteiger partial charge in [-0.15, -0.1) is 0 Å². The van der Waals surface area contributed by atoms with Crippen molar-refractivity contribution in [3.05, 3.63) is 35.9 Å². The predicted octanol–water partition coefficient (Wildman–Crippen LogP) is 1.09. The van der Waals surface area contributed by atoms with E-state index in [0.29, 0.717) is 19.7 Å². The summed E-state index contributed by atoms with van der Waals surface area (Å²) >= 11 is 0. The van der Waals surface area contributed by atoms with Gasteiger partial charge in [-0.25, -0.2) is 0 Å². The van der Waals surface area contributed by atoms with Crippen molar-refractivity contribution in [2.75, 3.05) is 39.3 Å². The highest BCUT2D eigenvalue weighted by Gasteiger charge is 2.21. The second kappa shape index (κ2) is 10.1. The zero-order chi connectivity index (χ0) is 17.2. The van der Waals surface area contributed by atoms with Gasteiger partial charge >= 0.3 is 11.8 Å². The minimum absolute atomic E-state index is 0.106. The van der Waals surface area contributed by atoms with E-state index in [2.05, 4.69) is 27.7 Å². The summed E-state index contributed by atoms with van der Waals surface area (Å²) in [7, 11) is 0. The molecule has 2 rings (SSSR count). The molecule has 1 saturated heterocycles. The van der Waals surface area contributed by atoms with Crippen LogP contribution < -0.4 is 10.6 Å². The van der Waals surface area contributed by atoms with E-state index in [9.17, 15) is 9.59 Å². The molecule has 6 heteroatoms. The molecule has 1 fully saturated rings. The van der Waals surface area contributed by atoms with Crippen molar-refractivity contribution in [3.8, 4) is 0 Å². The van der Waals surface area contributed by atoms with Crippen LogP contribution in [-0.4, -0.2) is 56.0 Å². The summed E-state index contributed by atoms with van der Waals surface area (Å²) < 4.78 is 5.84. The lowest BCUT2D eigenvalue weighted by molar-refractivity contribution is -0.139. The second-order valence-corrected chi connectivity index (χ2v) is 5.94. The number of nitrogens with one attached hydrogen (secondary N) is 2. The first-order valence-corrected chi connectivity index (χ1v) is 8.65. The van der Waals surface area contributed by atoms with Gasteiger partial charge in [0.15, 0.2) is 0 Å². The lowest BCUT2D eigenvalue weighted by atomic mass is 10.1. The number of carbonyl (C=O) groups excluding carboxylic acids is 2. The molecule has 0 saturated carbocycles. The lowest BCUT2D eigenvalue weighted by Gasteiger charge is -2.33. The molecular formula is C18H27N3O3. The van der Waals surface area contributed by atoms with E-state index < -0.39 is 11.8 Å². The molecule has 24 heavy (non-hydrogen) atoms. The summed E-state index contributed by atoms with van der Waals surface area (Å²) in [5.41, 5.74) is 1.20. The zero-order valence-corrected chi connectivity index (χ0v) is 14.3. The summed E-state index contributed by atoms with van der Waals surface area (Å²) in [4.78, 5) is 25.4. The smallest absolute Gasteiger partial charge is 0.309 e. The maximum absolute atomic E-state index is 11.6. The van der Waals surface area contributed by atoms with E-state index in [1.807, 2.05) is 25.1 Å². The normalized spacial score (nSPS) is 18.1. The number of rotatable bonds is 7. The molecule has 1 aliphatic rings. The van der Waals surface area contributed by atoms with Crippen LogP contribution in [0.4, 0.5) is 0 Å². The molecule has 0 spiro atoms. The van der Waals surface area contributed by atoms with E-state index >= 15 is 0 Å². The third-order valence-corrected chi connectivity index (χ3v) is 4.00. The Labute approximate surface area is 143 Å². The number of benzene rings is 1. The van der Waals surface area contributed by atoms with Crippen LogP contribution in [-0.2, 0) is 14.3 Å². The molecule has 2 N–H and O–H groups in total. The van der Waals surface area contributed by atoms with Gasteiger partial charge in [-0.05, 0) is 18.4 Å². The number of amides is 2. The van der Waals surface area contributed by atoms with E-state index in [0.717, 1.165) is 32.5 Å². The zero-order valence-electron chi connectivity index (χ0n) is 14.3. The van der Waals surface area contributed by atoms with Crippen LogP contribution in [0.15, 0.2) is 30.3 Å². The van der Waals surface area contributed by atoms with Gasteiger partial charge in [-0.1, -0.05) is 37.3 Å². The highest BCUT2D eigenvalue weighted by molar-refractivity contribution is 6.35. The number of nitrogens with zero attached hydrogens (tertiary/aromatic N) is 1. The van der Waals surface area contributed by atoms with E-state index in [1.165, 1.54) is 5.56 Å². The van der Waals surface area contributed by atoms with Crippen LogP contribution in [0.1, 0.15) is 31.4 Å². The molecule has 1 atom stereocenters. The first-order chi connectivity index (χ1) is 11.7. The number of hydrogen-bond acceptors (Lipinski definition) is 4. The van der Waals surface area contributed by atoms with Crippen molar-refractivity contribution in [3.63, 3.8) is 0 Å². The third-order valence-electron chi connectivity index (χ3n) is 4.00. The Morgan fingerprint density at radius 3 is 2.58 bits per heavy atom. The minimum atomic E-state index is -0.549. The van der Waals surface area contributed by atoms with Crippen LogP contribution in [0.3, 0.4) is 0 Å². The first-order valence-electron chi connectivity index (χ1n) is 8.65. The van der Waals surface area contributed by atoms with Crippen molar-refractivity contribution >= 4 is 11.8 Å². The van der Waals surface area contributed by atoms with Crippen molar-refractivity contribution in [1.82, 2.24) is 15.5 Å². The molecule has 0 radical (unpaired) electrons. The number of morpholine rings is 1. The van der Waals surface area contributed by atoms with Gasteiger partial charge in [0.1, 0.15) is 0 Å². The Morgan fingerprint density at radius 2 is 1.88 bits per heavy atom. The van der Waals surface area contributed by atoms with Crippen LogP contribution in [0.25, 0.3) is 0 Å². The van der Waals surface area contributed by atoms with Crippen LogP contribution in [0.2, 0.25) is 0 Å². The average molecular weight is 333 g/mol. The maximum Gasteiger partial charge on any atom is 0.309 e. The maximum atomic E-state index is 11.6. The standard InChI is InChI=1S/C18H27N3O3/c1-2-9-19-17(22)18(23)20-10-6-11-21-12-13-24-16(14-21)15-7-4-3-5-8-15/h3-5,7-8,16H,2,6,9-14H2,1H3,(H,19,22)(H,20,23). The molecule has 1 aromatic rings. The van der Waals surface area contributed by atoms with Gasteiger partial charge in [-0.2, -0.15) is 0 Å². The first kappa shape index (κ1) is 18.4. The topological polar surface area (TPSA) is 70.7 Å². The molecule has 1 aliphatic heterocycles. The van der Waals surface area contributed by atoms with E-state index in [4.69, 9.17) is 4.74 Å². The Morgan fingerprint density at radius 1 is 1.17 bits per heavy atom. The largest absolute Gasteiger partial charge is 0.371 e. The number of hydrogen-bond donors (Lipinski definition) is 2. The molecule has 132 valence electrons. The molecule has 1 aromatic carbocycles. The summed E-state index contributed by atoms with van der Waals surface area (Å²) in [5, 5.41) is 5.23. The van der Waals surface area contributed by atoms with Gasteiger partial charge in [0.2, 0.25) is 0 Å². The van der Waals surface area contributed by atoms with Crippen molar-refractivity contribution in [2.24, 2.45) is 0 Å². The molecule has 0 bridgehead atoms. The fraction of sp³-hybridized carbons (Fsp3) is 0.556.